The Labute approximate surface area is 122 Å². The third-order valence-electron chi connectivity index (χ3n) is 4.21. The molecule has 2 rings (SSSR count). The maximum Gasteiger partial charge on any atom is 0.282 e. The molecule has 21 heavy (non-hydrogen) atoms. The van der Waals surface area contributed by atoms with Gasteiger partial charge in [-0.15, -0.1) is 0 Å². The van der Waals surface area contributed by atoms with Gasteiger partial charge in [0, 0.05) is 12.1 Å². The Balaban J connectivity index is 2.24. The highest BCUT2D eigenvalue weighted by Gasteiger charge is 2.34. The highest BCUT2D eigenvalue weighted by Crippen LogP contribution is 2.35. The molecule has 1 aromatic carbocycles. The zero-order valence-electron chi connectivity index (χ0n) is 12.2. The molecule has 6 heteroatoms. The van der Waals surface area contributed by atoms with Crippen molar-refractivity contribution in [3.05, 3.63) is 39.7 Å². The summed E-state index contributed by atoms with van der Waals surface area (Å²) in [6.45, 7) is 4.13. The number of hydrogen-bond acceptors (Lipinski definition) is 3. The van der Waals surface area contributed by atoms with E-state index >= 15 is 0 Å². The molecule has 0 saturated heterocycles. The second-order valence-electron chi connectivity index (χ2n) is 6.18. The van der Waals surface area contributed by atoms with E-state index in [1.54, 1.807) is 0 Å². The molecular formula is C15H19FN2O3. The third kappa shape index (κ3) is 3.37. The molecule has 1 fully saturated rings. The molecular weight excluding hydrogens is 275 g/mol. The number of nitrogens with zero attached hydrogens (tertiary/aromatic N) is 1. The van der Waals surface area contributed by atoms with Crippen molar-refractivity contribution in [3.63, 3.8) is 0 Å². The van der Waals surface area contributed by atoms with Gasteiger partial charge >= 0.3 is 0 Å². The molecule has 1 atom stereocenters. The molecule has 0 aromatic heterocycles. The van der Waals surface area contributed by atoms with Gasteiger partial charge in [0.05, 0.1) is 4.92 Å². The summed E-state index contributed by atoms with van der Waals surface area (Å²) in [5, 5.41) is 13.8. The van der Waals surface area contributed by atoms with Crippen LogP contribution >= 0.6 is 0 Å². The summed E-state index contributed by atoms with van der Waals surface area (Å²) in [4.78, 5) is 22.6. The van der Waals surface area contributed by atoms with Crippen molar-refractivity contribution in [3.8, 4) is 0 Å². The largest absolute Gasteiger partial charge is 0.349 e. The quantitative estimate of drug-likeness (QED) is 0.685. The molecule has 114 valence electrons. The van der Waals surface area contributed by atoms with Crippen molar-refractivity contribution >= 4 is 11.6 Å². The van der Waals surface area contributed by atoms with Crippen LogP contribution in [0.3, 0.4) is 0 Å². The zero-order valence-corrected chi connectivity index (χ0v) is 12.2. The number of nitro benzene ring substituents is 1. The number of hydrogen-bond donors (Lipinski definition) is 1. The van der Waals surface area contributed by atoms with Gasteiger partial charge in [0.1, 0.15) is 11.4 Å². The van der Waals surface area contributed by atoms with E-state index in [0.29, 0.717) is 0 Å². The lowest BCUT2D eigenvalue weighted by molar-refractivity contribution is -0.385. The molecule has 0 bridgehead atoms. The van der Waals surface area contributed by atoms with E-state index in [0.717, 1.165) is 43.9 Å². The first kappa shape index (κ1) is 15.4. The summed E-state index contributed by atoms with van der Waals surface area (Å²) in [5.74, 6) is -1.24. The predicted octanol–water partition coefficient (Wildman–Crippen LogP) is 3.43. The van der Waals surface area contributed by atoms with Gasteiger partial charge < -0.3 is 5.32 Å². The average molecular weight is 294 g/mol. The van der Waals surface area contributed by atoms with Crippen molar-refractivity contribution < 1.29 is 14.1 Å². The summed E-state index contributed by atoms with van der Waals surface area (Å²) in [6, 6.07) is 2.88. The minimum Gasteiger partial charge on any atom is -0.349 e. The molecule has 0 spiro atoms. The first-order valence-corrected chi connectivity index (χ1v) is 7.06. The third-order valence-corrected chi connectivity index (χ3v) is 4.21. The van der Waals surface area contributed by atoms with Crippen LogP contribution in [0.15, 0.2) is 18.2 Å². The van der Waals surface area contributed by atoms with E-state index in [4.69, 9.17) is 0 Å². The normalized spacial score (nSPS) is 20.8. The summed E-state index contributed by atoms with van der Waals surface area (Å²) >= 11 is 0. The van der Waals surface area contributed by atoms with Gasteiger partial charge in [0.25, 0.3) is 11.6 Å². The fourth-order valence-electron chi connectivity index (χ4n) is 2.85. The highest BCUT2D eigenvalue weighted by molar-refractivity contribution is 5.98. The lowest BCUT2D eigenvalue weighted by Gasteiger charge is -2.39. The SMILES string of the molecule is CC1(C)CCCCC1NC(=O)c1cc(F)ccc1[N+](=O)[O-]. The van der Waals surface area contributed by atoms with E-state index in [-0.39, 0.29) is 22.7 Å². The number of benzene rings is 1. The van der Waals surface area contributed by atoms with E-state index in [2.05, 4.69) is 19.2 Å². The van der Waals surface area contributed by atoms with Crippen LogP contribution in [0.1, 0.15) is 49.9 Å². The van der Waals surface area contributed by atoms with Crippen molar-refractivity contribution in [2.24, 2.45) is 5.41 Å². The van der Waals surface area contributed by atoms with Gasteiger partial charge in [-0.3, -0.25) is 14.9 Å². The summed E-state index contributed by atoms with van der Waals surface area (Å²) in [6.07, 6.45) is 3.95. The average Bonchev–Trinajstić information content (AvgIpc) is 2.40. The van der Waals surface area contributed by atoms with Crippen LogP contribution in [-0.4, -0.2) is 16.9 Å². The van der Waals surface area contributed by atoms with Crippen LogP contribution < -0.4 is 5.32 Å². The molecule has 5 nitrogen and oxygen atoms in total. The molecule has 0 aliphatic heterocycles. The molecule has 1 unspecified atom stereocenters. The summed E-state index contributed by atoms with van der Waals surface area (Å²) < 4.78 is 13.3. The molecule has 1 aliphatic rings. The fourth-order valence-corrected chi connectivity index (χ4v) is 2.85. The Morgan fingerprint density at radius 1 is 1.43 bits per heavy atom. The number of halogens is 1. The van der Waals surface area contributed by atoms with Crippen molar-refractivity contribution in [1.82, 2.24) is 5.32 Å². The monoisotopic (exact) mass is 294 g/mol. The first-order chi connectivity index (χ1) is 9.81. The molecule has 1 saturated carbocycles. The van der Waals surface area contributed by atoms with Gasteiger partial charge in [-0.1, -0.05) is 26.7 Å². The Bertz CT molecular complexity index is 572. The van der Waals surface area contributed by atoms with Gasteiger partial charge in [-0.25, -0.2) is 4.39 Å². The van der Waals surface area contributed by atoms with E-state index in [9.17, 15) is 19.3 Å². The Kier molecular flexibility index (Phi) is 4.25. The molecule has 1 N–H and O–H groups in total. The molecule has 1 amide bonds. The lowest BCUT2D eigenvalue weighted by atomic mass is 9.73. The van der Waals surface area contributed by atoms with Crippen molar-refractivity contribution in [2.75, 3.05) is 0 Å². The number of amides is 1. The smallest absolute Gasteiger partial charge is 0.282 e. The van der Waals surface area contributed by atoms with Gasteiger partial charge in [0.2, 0.25) is 0 Å². The standard InChI is InChI=1S/C15H19FN2O3/c1-15(2)8-4-3-5-13(15)17-14(19)11-9-10(16)6-7-12(11)18(20)21/h6-7,9,13H,3-5,8H2,1-2H3,(H,17,19). The van der Waals surface area contributed by atoms with Crippen LogP contribution in [0.4, 0.5) is 10.1 Å². The highest BCUT2D eigenvalue weighted by atomic mass is 19.1. The number of carbonyl (C=O) groups excluding carboxylic acids is 1. The fraction of sp³-hybridized carbons (Fsp3) is 0.533. The van der Waals surface area contributed by atoms with Crippen molar-refractivity contribution in [1.29, 1.82) is 0 Å². The van der Waals surface area contributed by atoms with E-state index in [1.165, 1.54) is 0 Å². The van der Waals surface area contributed by atoms with Crippen LogP contribution in [0.25, 0.3) is 0 Å². The summed E-state index contributed by atoms with van der Waals surface area (Å²) in [5.41, 5.74) is -0.653. The molecule has 0 radical (unpaired) electrons. The maximum absolute atomic E-state index is 13.3. The Hall–Kier alpha value is -1.98. The van der Waals surface area contributed by atoms with E-state index in [1.807, 2.05) is 0 Å². The molecule has 0 heterocycles. The Morgan fingerprint density at radius 2 is 2.14 bits per heavy atom. The van der Waals surface area contributed by atoms with Crippen LogP contribution in [0, 0.1) is 21.3 Å². The number of rotatable bonds is 3. The van der Waals surface area contributed by atoms with Gasteiger partial charge in [0.15, 0.2) is 0 Å². The first-order valence-electron chi connectivity index (χ1n) is 7.06. The number of nitro groups is 1. The second-order valence-corrected chi connectivity index (χ2v) is 6.18. The number of nitrogens with one attached hydrogen (secondary N) is 1. The molecule has 1 aromatic rings. The number of carbonyl (C=O) groups is 1. The zero-order chi connectivity index (χ0) is 15.6. The minimum atomic E-state index is -0.666. The van der Waals surface area contributed by atoms with Crippen molar-refractivity contribution in [2.45, 2.75) is 45.6 Å². The second kappa shape index (κ2) is 5.79. The maximum atomic E-state index is 13.3. The minimum absolute atomic E-state index is 0.0541. The lowest BCUT2D eigenvalue weighted by Crippen LogP contribution is -2.46. The van der Waals surface area contributed by atoms with Crippen LogP contribution in [0.5, 0.6) is 0 Å². The van der Waals surface area contributed by atoms with Crippen LogP contribution in [0.2, 0.25) is 0 Å². The van der Waals surface area contributed by atoms with Crippen LogP contribution in [-0.2, 0) is 0 Å². The Morgan fingerprint density at radius 3 is 2.76 bits per heavy atom. The molecule has 1 aliphatic carbocycles. The van der Waals surface area contributed by atoms with E-state index < -0.39 is 16.6 Å². The topological polar surface area (TPSA) is 72.2 Å². The summed E-state index contributed by atoms with van der Waals surface area (Å²) in [7, 11) is 0. The van der Waals surface area contributed by atoms with Gasteiger partial charge in [-0.2, -0.15) is 0 Å². The van der Waals surface area contributed by atoms with Gasteiger partial charge in [-0.05, 0) is 30.4 Å². The predicted molar refractivity (Wildman–Crippen MR) is 76.6 cm³/mol.